The lowest BCUT2D eigenvalue weighted by atomic mass is 9.90. The van der Waals surface area contributed by atoms with Crippen LogP contribution in [0.1, 0.15) is 24.0 Å². The van der Waals surface area contributed by atoms with Crippen LogP contribution in [0.15, 0.2) is 35.7 Å². The minimum atomic E-state index is 1.24. The normalized spacial score (nSPS) is 14.9. The molecule has 1 aromatic heterocycles. The fraction of sp³-hybridized carbons (Fsp3) is 0.214. The minimum absolute atomic E-state index is 1.24. The van der Waals surface area contributed by atoms with Crippen molar-refractivity contribution < 1.29 is 0 Å². The molecule has 0 atom stereocenters. The summed E-state index contributed by atoms with van der Waals surface area (Å²) in [5.41, 5.74) is 4.33. The van der Waals surface area contributed by atoms with Gasteiger partial charge in [-0.15, -0.1) is 11.3 Å². The largest absolute Gasteiger partial charge is 0.144 e. The second kappa shape index (κ2) is 3.82. The van der Waals surface area contributed by atoms with Crippen molar-refractivity contribution in [2.24, 2.45) is 0 Å². The molecule has 0 saturated carbocycles. The van der Waals surface area contributed by atoms with Crippen LogP contribution in [0.25, 0.3) is 10.4 Å². The van der Waals surface area contributed by atoms with Crippen molar-refractivity contribution in [1.82, 2.24) is 0 Å². The number of hydrogen-bond acceptors (Lipinski definition) is 1. The van der Waals surface area contributed by atoms with Crippen molar-refractivity contribution in [2.75, 3.05) is 0 Å². The zero-order valence-electron chi connectivity index (χ0n) is 8.57. The standard InChI is InChI=1S/C14H13S/c1-2-5-12-10-13(8-7-11(12)4-1)14-6-3-9-15-14/h3,5-10H,1-2,4H2. The van der Waals surface area contributed by atoms with Gasteiger partial charge in [0, 0.05) is 4.88 Å². The van der Waals surface area contributed by atoms with E-state index >= 15 is 0 Å². The minimum Gasteiger partial charge on any atom is -0.144 e. The maximum absolute atomic E-state index is 2.37. The average molecular weight is 213 g/mol. The predicted octanol–water partition coefficient (Wildman–Crippen LogP) is 4.30. The lowest BCUT2D eigenvalue weighted by Gasteiger charge is -2.15. The molecule has 1 aliphatic rings. The quantitative estimate of drug-likeness (QED) is 0.662. The number of fused-ring (bicyclic) bond motifs is 1. The Kier molecular flexibility index (Phi) is 2.34. The Hall–Kier alpha value is -1.08. The first-order valence-corrected chi connectivity index (χ1v) is 6.31. The van der Waals surface area contributed by atoms with Gasteiger partial charge in [0.25, 0.3) is 0 Å². The molecule has 0 saturated heterocycles. The third-order valence-electron chi connectivity index (χ3n) is 2.97. The van der Waals surface area contributed by atoms with E-state index in [4.69, 9.17) is 0 Å². The van der Waals surface area contributed by atoms with Gasteiger partial charge in [0.2, 0.25) is 0 Å². The van der Waals surface area contributed by atoms with Crippen molar-refractivity contribution in [3.63, 3.8) is 0 Å². The summed E-state index contributed by atoms with van der Waals surface area (Å²) in [5, 5.41) is 2.14. The van der Waals surface area contributed by atoms with Gasteiger partial charge in [-0.25, -0.2) is 0 Å². The predicted molar refractivity (Wildman–Crippen MR) is 66.1 cm³/mol. The van der Waals surface area contributed by atoms with Gasteiger partial charge in [-0.1, -0.05) is 18.2 Å². The highest BCUT2D eigenvalue weighted by Crippen LogP contribution is 2.30. The highest BCUT2D eigenvalue weighted by atomic mass is 32.1. The zero-order valence-corrected chi connectivity index (χ0v) is 9.39. The molecule has 0 bridgehead atoms. The van der Waals surface area contributed by atoms with Crippen molar-refractivity contribution in [2.45, 2.75) is 19.3 Å². The molecule has 0 amide bonds. The molecule has 2 aromatic rings. The number of aryl methyl sites for hydroxylation is 1. The second-order valence-electron chi connectivity index (χ2n) is 3.99. The molecular formula is C14H13S. The van der Waals surface area contributed by atoms with Crippen LogP contribution in [0.4, 0.5) is 0 Å². The highest BCUT2D eigenvalue weighted by molar-refractivity contribution is 7.13. The first-order chi connectivity index (χ1) is 7.43. The van der Waals surface area contributed by atoms with Crippen molar-refractivity contribution in [3.8, 4) is 10.4 Å². The Morgan fingerprint density at radius 2 is 2.13 bits per heavy atom. The summed E-state index contributed by atoms with van der Waals surface area (Å²) in [6.07, 6.45) is 6.17. The molecule has 3 rings (SSSR count). The summed E-state index contributed by atoms with van der Waals surface area (Å²) < 4.78 is 0. The average Bonchev–Trinajstić information content (AvgIpc) is 2.82. The number of thiophene rings is 1. The van der Waals surface area contributed by atoms with Crippen LogP contribution in [0.3, 0.4) is 0 Å². The van der Waals surface area contributed by atoms with E-state index in [1.807, 2.05) is 11.3 Å². The number of hydrogen-bond donors (Lipinski definition) is 0. The molecule has 1 heteroatoms. The van der Waals surface area contributed by atoms with Crippen molar-refractivity contribution >= 4 is 11.3 Å². The lowest BCUT2D eigenvalue weighted by Crippen LogP contribution is -2.00. The Morgan fingerprint density at radius 1 is 1.13 bits per heavy atom. The molecule has 15 heavy (non-hydrogen) atoms. The first kappa shape index (κ1) is 9.17. The van der Waals surface area contributed by atoms with E-state index in [0.29, 0.717) is 0 Å². The Labute approximate surface area is 94.6 Å². The molecule has 0 unspecified atom stereocenters. The molecule has 1 aliphatic carbocycles. The molecule has 1 heterocycles. The summed E-state index contributed by atoms with van der Waals surface area (Å²) in [5.74, 6) is 0. The van der Waals surface area contributed by atoms with Crippen LogP contribution in [-0.4, -0.2) is 0 Å². The molecule has 0 nitrogen and oxygen atoms in total. The van der Waals surface area contributed by atoms with Crippen LogP contribution in [0.5, 0.6) is 0 Å². The van der Waals surface area contributed by atoms with Gasteiger partial charge >= 0.3 is 0 Å². The maximum Gasteiger partial charge on any atom is 0.0342 e. The summed E-state index contributed by atoms with van der Waals surface area (Å²) >= 11 is 1.81. The number of benzene rings is 1. The smallest absolute Gasteiger partial charge is 0.0342 e. The summed E-state index contributed by atoms with van der Waals surface area (Å²) in [6, 6.07) is 11.2. The number of rotatable bonds is 1. The molecule has 0 spiro atoms. The van der Waals surface area contributed by atoms with E-state index in [0.717, 1.165) is 0 Å². The summed E-state index contributed by atoms with van der Waals surface area (Å²) in [4.78, 5) is 1.37. The van der Waals surface area contributed by atoms with Crippen LogP contribution < -0.4 is 0 Å². The van der Waals surface area contributed by atoms with Crippen LogP contribution >= 0.6 is 11.3 Å². The maximum atomic E-state index is 2.37. The molecular weight excluding hydrogens is 200 g/mol. The molecule has 0 fully saturated rings. The first-order valence-electron chi connectivity index (χ1n) is 5.43. The third kappa shape index (κ3) is 1.72. The fourth-order valence-electron chi connectivity index (χ4n) is 2.16. The third-order valence-corrected chi connectivity index (χ3v) is 3.88. The van der Waals surface area contributed by atoms with Gasteiger partial charge in [-0.05, 0) is 59.9 Å². The Bertz CT molecular complexity index is 454. The zero-order chi connectivity index (χ0) is 10.1. The topological polar surface area (TPSA) is 0 Å². The molecule has 1 aromatic carbocycles. The van der Waals surface area contributed by atoms with E-state index in [-0.39, 0.29) is 0 Å². The second-order valence-corrected chi connectivity index (χ2v) is 4.93. The molecule has 0 N–H and O–H groups in total. The summed E-state index contributed by atoms with van der Waals surface area (Å²) in [6.45, 7) is 0. The van der Waals surface area contributed by atoms with E-state index in [1.54, 1.807) is 0 Å². The van der Waals surface area contributed by atoms with E-state index in [9.17, 15) is 0 Å². The van der Waals surface area contributed by atoms with E-state index in [2.05, 4.69) is 42.1 Å². The molecule has 0 aliphatic heterocycles. The Morgan fingerprint density at radius 3 is 3.00 bits per heavy atom. The van der Waals surface area contributed by atoms with Crippen molar-refractivity contribution in [1.29, 1.82) is 0 Å². The summed E-state index contributed by atoms with van der Waals surface area (Å²) in [7, 11) is 0. The lowest BCUT2D eigenvalue weighted by molar-refractivity contribution is 0.775. The monoisotopic (exact) mass is 213 g/mol. The van der Waals surface area contributed by atoms with Gasteiger partial charge in [0.05, 0.1) is 0 Å². The van der Waals surface area contributed by atoms with Gasteiger partial charge in [-0.3, -0.25) is 0 Å². The van der Waals surface area contributed by atoms with Crippen LogP contribution in [0.2, 0.25) is 0 Å². The Balaban J connectivity index is 2.04. The SMILES string of the molecule is [CH]1CCCc2ccc(-c3cccs3)cc21. The molecule has 75 valence electrons. The van der Waals surface area contributed by atoms with Gasteiger partial charge < -0.3 is 0 Å². The van der Waals surface area contributed by atoms with Crippen molar-refractivity contribution in [3.05, 3.63) is 53.3 Å². The van der Waals surface area contributed by atoms with E-state index in [1.165, 1.54) is 40.8 Å². The highest BCUT2D eigenvalue weighted by Gasteiger charge is 2.10. The van der Waals surface area contributed by atoms with Gasteiger partial charge in [0.15, 0.2) is 0 Å². The van der Waals surface area contributed by atoms with Crippen LogP contribution in [-0.2, 0) is 6.42 Å². The fourth-order valence-corrected chi connectivity index (χ4v) is 2.88. The molecule has 1 radical (unpaired) electrons. The van der Waals surface area contributed by atoms with Crippen LogP contribution in [0, 0.1) is 6.42 Å². The van der Waals surface area contributed by atoms with Gasteiger partial charge in [0.1, 0.15) is 0 Å². The van der Waals surface area contributed by atoms with E-state index < -0.39 is 0 Å². The van der Waals surface area contributed by atoms with Gasteiger partial charge in [-0.2, -0.15) is 0 Å².